The lowest BCUT2D eigenvalue weighted by molar-refractivity contribution is -0.117. The lowest BCUT2D eigenvalue weighted by Gasteiger charge is -2.02. The van der Waals surface area contributed by atoms with Gasteiger partial charge in [0.2, 0.25) is 5.91 Å². The van der Waals surface area contributed by atoms with Gasteiger partial charge in [0, 0.05) is 12.7 Å². The molecule has 0 spiro atoms. The van der Waals surface area contributed by atoms with Gasteiger partial charge in [-0.3, -0.25) is 4.79 Å². The third kappa shape index (κ3) is 3.51. The van der Waals surface area contributed by atoms with Crippen LogP contribution in [-0.2, 0) is 14.6 Å². The van der Waals surface area contributed by atoms with Gasteiger partial charge in [0.15, 0.2) is 9.84 Å². The fourth-order valence-electron chi connectivity index (χ4n) is 1.26. The minimum atomic E-state index is -3.25. The summed E-state index contributed by atoms with van der Waals surface area (Å²) in [6.45, 7) is 0. The number of benzene rings is 1. The maximum atomic E-state index is 11.4. The summed E-state index contributed by atoms with van der Waals surface area (Å²) in [6.07, 6.45) is 4.37. The van der Waals surface area contributed by atoms with E-state index in [4.69, 9.17) is 5.73 Å². The van der Waals surface area contributed by atoms with Crippen LogP contribution in [0.1, 0.15) is 12.0 Å². The number of nitrogens with two attached hydrogens (primary N) is 1. The topological polar surface area (TPSA) is 77.2 Å². The third-order valence-corrected chi connectivity index (χ3v) is 3.11. The van der Waals surface area contributed by atoms with E-state index in [1.807, 2.05) is 0 Å². The largest absolute Gasteiger partial charge is 0.369 e. The molecule has 1 aromatic carbocycles. The Hall–Kier alpha value is -1.62. The van der Waals surface area contributed by atoms with E-state index >= 15 is 0 Å². The summed E-state index contributed by atoms with van der Waals surface area (Å²) in [5, 5.41) is 0. The second kappa shape index (κ2) is 4.94. The first-order chi connectivity index (χ1) is 7.41. The van der Waals surface area contributed by atoms with Crippen molar-refractivity contribution in [3.05, 3.63) is 35.9 Å². The molecule has 0 saturated heterocycles. The number of carbonyl (C=O) groups is 1. The van der Waals surface area contributed by atoms with E-state index in [0.717, 1.165) is 6.26 Å². The zero-order chi connectivity index (χ0) is 12.2. The van der Waals surface area contributed by atoms with Crippen LogP contribution in [0.4, 0.5) is 0 Å². The number of rotatable bonds is 4. The molecule has 0 aliphatic heterocycles. The summed E-state index contributed by atoms with van der Waals surface area (Å²) in [6, 6.07) is 6.59. The van der Waals surface area contributed by atoms with Gasteiger partial charge in [-0.2, -0.15) is 0 Å². The monoisotopic (exact) mass is 239 g/mol. The van der Waals surface area contributed by atoms with E-state index in [2.05, 4.69) is 0 Å². The number of carbonyl (C=O) groups excluding carboxylic acids is 1. The summed E-state index contributed by atoms with van der Waals surface area (Å²) in [5.74, 6) is -0.451. The highest BCUT2D eigenvalue weighted by Crippen LogP contribution is 2.16. The quantitative estimate of drug-likeness (QED) is 0.850. The molecule has 0 aromatic heterocycles. The molecule has 0 unspecified atom stereocenters. The van der Waals surface area contributed by atoms with Crippen molar-refractivity contribution in [3.63, 3.8) is 0 Å². The molecule has 0 bridgehead atoms. The summed E-state index contributed by atoms with van der Waals surface area (Å²) in [5.41, 5.74) is 5.53. The molecule has 2 N–H and O–H groups in total. The lowest BCUT2D eigenvalue weighted by atomic mass is 10.2. The number of amides is 1. The van der Waals surface area contributed by atoms with Crippen LogP contribution < -0.4 is 5.73 Å². The van der Waals surface area contributed by atoms with Crippen LogP contribution in [0.25, 0.3) is 6.08 Å². The Morgan fingerprint density at radius 3 is 2.56 bits per heavy atom. The van der Waals surface area contributed by atoms with E-state index in [9.17, 15) is 13.2 Å². The van der Waals surface area contributed by atoms with E-state index < -0.39 is 15.7 Å². The molecule has 16 heavy (non-hydrogen) atoms. The average Bonchev–Trinajstić information content (AvgIpc) is 2.16. The van der Waals surface area contributed by atoms with Gasteiger partial charge < -0.3 is 5.73 Å². The molecule has 1 rings (SSSR count). The number of sulfone groups is 1. The van der Waals surface area contributed by atoms with Crippen LogP contribution in [0.2, 0.25) is 0 Å². The van der Waals surface area contributed by atoms with E-state index in [1.54, 1.807) is 30.4 Å². The van der Waals surface area contributed by atoms with Gasteiger partial charge in [0.1, 0.15) is 0 Å². The van der Waals surface area contributed by atoms with E-state index in [0.29, 0.717) is 5.56 Å². The molecule has 0 radical (unpaired) electrons. The van der Waals surface area contributed by atoms with Crippen molar-refractivity contribution in [3.8, 4) is 0 Å². The highest BCUT2D eigenvalue weighted by molar-refractivity contribution is 7.90. The van der Waals surface area contributed by atoms with Crippen LogP contribution in [-0.4, -0.2) is 20.6 Å². The smallest absolute Gasteiger partial charge is 0.221 e. The summed E-state index contributed by atoms with van der Waals surface area (Å²) in [7, 11) is -3.25. The summed E-state index contributed by atoms with van der Waals surface area (Å²) in [4.78, 5) is 10.8. The average molecular weight is 239 g/mol. The van der Waals surface area contributed by atoms with Gasteiger partial charge in [0.05, 0.1) is 4.90 Å². The number of hydrogen-bond acceptors (Lipinski definition) is 3. The second-order valence-electron chi connectivity index (χ2n) is 3.38. The standard InChI is InChI=1S/C11H13NO3S/c1-16(14,15)10-7-3-2-5-9(10)6-4-8-11(12)13/h2-7H,8H2,1H3,(H2,12,13). The minimum absolute atomic E-state index is 0.0953. The Balaban J connectivity index is 3.06. The molecule has 0 atom stereocenters. The molecule has 1 amide bonds. The van der Waals surface area contributed by atoms with Crippen molar-refractivity contribution in [1.29, 1.82) is 0 Å². The van der Waals surface area contributed by atoms with E-state index in [-0.39, 0.29) is 11.3 Å². The fraction of sp³-hybridized carbons (Fsp3) is 0.182. The third-order valence-electron chi connectivity index (χ3n) is 1.93. The lowest BCUT2D eigenvalue weighted by Crippen LogP contribution is -2.08. The minimum Gasteiger partial charge on any atom is -0.369 e. The molecule has 86 valence electrons. The van der Waals surface area contributed by atoms with Gasteiger partial charge in [-0.05, 0) is 11.6 Å². The molecule has 0 saturated carbocycles. The Kier molecular flexibility index (Phi) is 3.84. The predicted molar refractivity (Wildman–Crippen MR) is 62.4 cm³/mol. The zero-order valence-corrected chi connectivity index (χ0v) is 9.70. The Morgan fingerprint density at radius 2 is 2.00 bits per heavy atom. The number of hydrogen-bond donors (Lipinski definition) is 1. The first-order valence-electron chi connectivity index (χ1n) is 4.65. The first-order valence-corrected chi connectivity index (χ1v) is 6.54. The number of primary amides is 1. The van der Waals surface area contributed by atoms with Crippen LogP contribution >= 0.6 is 0 Å². The molecule has 0 heterocycles. The highest BCUT2D eigenvalue weighted by Gasteiger charge is 2.09. The zero-order valence-electron chi connectivity index (χ0n) is 8.88. The molecule has 0 aliphatic rings. The molecule has 0 aliphatic carbocycles. The van der Waals surface area contributed by atoms with Gasteiger partial charge in [-0.15, -0.1) is 0 Å². The SMILES string of the molecule is CS(=O)(=O)c1ccccc1C=CCC(N)=O. The van der Waals surface area contributed by atoms with Crippen molar-refractivity contribution in [2.75, 3.05) is 6.26 Å². The van der Waals surface area contributed by atoms with Gasteiger partial charge in [0.25, 0.3) is 0 Å². The summed E-state index contributed by atoms with van der Waals surface area (Å²) >= 11 is 0. The predicted octanol–water partition coefficient (Wildman–Crippen LogP) is 0.979. The Labute approximate surface area is 94.7 Å². The van der Waals surface area contributed by atoms with Crippen molar-refractivity contribution in [2.45, 2.75) is 11.3 Å². The molecular formula is C11H13NO3S. The van der Waals surface area contributed by atoms with Crippen LogP contribution in [0, 0.1) is 0 Å². The van der Waals surface area contributed by atoms with Crippen molar-refractivity contribution < 1.29 is 13.2 Å². The molecule has 5 heteroatoms. The first kappa shape index (κ1) is 12.4. The Bertz CT molecular complexity index is 518. The van der Waals surface area contributed by atoms with Crippen LogP contribution in [0.5, 0.6) is 0 Å². The molecule has 4 nitrogen and oxygen atoms in total. The van der Waals surface area contributed by atoms with Crippen molar-refractivity contribution in [2.24, 2.45) is 5.73 Å². The fourth-order valence-corrected chi connectivity index (χ4v) is 2.15. The van der Waals surface area contributed by atoms with Gasteiger partial charge in [-0.25, -0.2) is 8.42 Å². The van der Waals surface area contributed by atoms with Crippen molar-refractivity contribution in [1.82, 2.24) is 0 Å². The molecule has 1 aromatic rings. The van der Waals surface area contributed by atoms with Gasteiger partial charge >= 0.3 is 0 Å². The maximum Gasteiger partial charge on any atom is 0.221 e. The van der Waals surface area contributed by atoms with Gasteiger partial charge in [-0.1, -0.05) is 30.4 Å². The maximum absolute atomic E-state index is 11.4. The molecule has 0 fully saturated rings. The van der Waals surface area contributed by atoms with Crippen molar-refractivity contribution >= 4 is 21.8 Å². The normalized spacial score (nSPS) is 11.8. The highest BCUT2D eigenvalue weighted by atomic mass is 32.2. The van der Waals surface area contributed by atoms with Crippen LogP contribution in [0.15, 0.2) is 35.2 Å². The van der Waals surface area contributed by atoms with E-state index in [1.165, 1.54) is 6.07 Å². The van der Waals surface area contributed by atoms with Crippen LogP contribution in [0.3, 0.4) is 0 Å². The molecular weight excluding hydrogens is 226 g/mol. The Morgan fingerprint density at radius 1 is 1.38 bits per heavy atom. The second-order valence-corrected chi connectivity index (χ2v) is 5.37. The summed E-state index contributed by atoms with van der Waals surface area (Å²) < 4.78 is 22.9.